The molecular formula is C68H121NO8. The molecule has 0 aliphatic carbocycles. The Bertz CT molecular complexity index is 1490. The van der Waals surface area contributed by atoms with Crippen molar-refractivity contribution in [3.8, 4) is 0 Å². The van der Waals surface area contributed by atoms with Crippen molar-refractivity contribution >= 4 is 5.91 Å². The first-order chi connectivity index (χ1) is 37.8. The van der Waals surface area contributed by atoms with E-state index >= 15 is 0 Å². The SMILES string of the molecule is CC/C=C\C/C=C\C/C=C\C/C=C\CCCCCCCCCCCCCCCCC(=O)NC(COC1OC(CO)C(O)C(O)C1O)C(O)/C=C/CC/C=C/CC/C=C/CCCCCCCCCCCCCCCCCCC. The third kappa shape index (κ3) is 45.8. The van der Waals surface area contributed by atoms with E-state index < -0.39 is 49.5 Å². The smallest absolute Gasteiger partial charge is 0.220 e. The van der Waals surface area contributed by atoms with Crippen molar-refractivity contribution in [2.24, 2.45) is 0 Å². The van der Waals surface area contributed by atoms with Crippen molar-refractivity contribution in [2.45, 2.75) is 326 Å². The number of amides is 1. The monoisotopic (exact) mass is 1080 g/mol. The Morgan fingerprint density at radius 3 is 1.25 bits per heavy atom. The number of nitrogens with one attached hydrogen (secondary N) is 1. The predicted octanol–water partition coefficient (Wildman–Crippen LogP) is 17.0. The Morgan fingerprint density at radius 1 is 0.455 bits per heavy atom. The average molecular weight is 1080 g/mol. The lowest BCUT2D eigenvalue weighted by molar-refractivity contribution is -0.302. The van der Waals surface area contributed by atoms with Crippen molar-refractivity contribution in [1.29, 1.82) is 0 Å². The fourth-order valence-electron chi connectivity index (χ4n) is 9.89. The van der Waals surface area contributed by atoms with Crippen LogP contribution in [0.15, 0.2) is 85.1 Å². The molecule has 446 valence electrons. The minimum atomic E-state index is -1.58. The lowest BCUT2D eigenvalue weighted by atomic mass is 9.99. The number of rotatable bonds is 55. The number of aliphatic hydroxyl groups excluding tert-OH is 5. The second-order valence-electron chi connectivity index (χ2n) is 22.2. The van der Waals surface area contributed by atoms with Crippen LogP contribution >= 0.6 is 0 Å². The lowest BCUT2D eigenvalue weighted by Gasteiger charge is -2.40. The first-order valence-electron chi connectivity index (χ1n) is 32.3. The summed E-state index contributed by atoms with van der Waals surface area (Å²) in [7, 11) is 0. The minimum Gasteiger partial charge on any atom is -0.394 e. The molecule has 1 aliphatic rings. The largest absolute Gasteiger partial charge is 0.394 e. The van der Waals surface area contributed by atoms with Crippen molar-refractivity contribution in [3.63, 3.8) is 0 Å². The van der Waals surface area contributed by atoms with Gasteiger partial charge in [0, 0.05) is 6.42 Å². The van der Waals surface area contributed by atoms with Gasteiger partial charge in [0.05, 0.1) is 25.4 Å². The van der Waals surface area contributed by atoms with Gasteiger partial charge in [-0.25, -0.2) is 0 Å². The average Bonchev–Trinajstić information content (AvgIpc) is 3.43. The number of hydrogen-bond donors (Lipinski definition) is 6. The molecule has 9 heteroatoms. The van der Waals surface area contributed by atoms with Crippen LogP contribution in [0.4, 0.5) is 0 Å². The molecule has 0 aromatic carbocycles. The zero-order chi connectivity index (χ0) is 55.8. The van der Waals surface area contributed by atoms with Gasteiger partial charge < -0.3 is 40.3 Å². The predicted molar refractivity (Wildman–Crippen MR) is 327 cm³/mol. The number of allylic oxidation sites excluding steroid dienone is 13. The van der Waals surface area contributed by atoms with Crippen molar-refractivity contribution in [1.82, 2.24) is 5.32 Å². The van der Waals surface area contributed by atoms with Gasteiger partial charge in [-0.05, 0) is 83.5 Å². The van der Waals surface area contributed by atoms with E-state index in [0.29, 0.717) is 6.42 Å². The Hall–Kier alpha value is -2.63. The molecule has 1 rings (SSSR count). The van der Waals surface area contributed by atoms with E-state index in [1.165, 1.54) is 193 Å². The molecule has 77 heavy (non-hydrogen) atoms. The van der Waals surface area contributed by atoms with Gasteiger partial charge in [0.25, 0.3) is 0 Å². The molecule has 1 amide bonds. The summed E-state index contributed by atoms with van der Waals surface area (Å²) in [6.07, 6.45) is 73.8. The van der Waals surface area contributed by atoms with E-state index in [1.54, 1.807) is 6.08 Å². The Morgan fingerprint density at radius 2 is 0.818 bits per heavy atom. The molecule has 0 spiro atoms. The summed E-state index contributed by atoms with van der Waals surface area (Å²) in [6.45, 7) is 3.67. The molecule has 1 fully saturated rings. The van der Waals surface area contributed by atoms with Crippen LogP contribution in [0.5, 0.6) is 0 Å². The van der Waals surface area contributed by atoms with Crippen LogP contribution < -0.4 is 5.32 Å². The maximum atomic E-state index is 13.1. The van der Waals surface area contributed by atoms with Crippen LogP contribution in [-0.4, -0.2) is 87.5 Å². The molecule has 1 saturated heterocycles. The molecule has 0 aromatic heterocycles. The van der Waals surface area contributed by atoms with Crippen molar-refractivity contribution in [3.05, 3.63) is 85.1 Å². The Kier molecular flexibility index (Phi) is 53.2. The van der Waals surface area contributed by atoms with Gasteiger partial charge in [-0.2, -0.15) is 0 Å². The molecule has 0 saturated carbocycles. The first-order valence-corrected chi connectivity index (χ1v) is 32.3. The highest BCUT2D eigenvalue weighted by atomic mass is 16.7. The van der Waals surface area contributed by atoms with Gasteiger partial charge in [0.15, 0.2) is 6.29 Å². The molecule has 9 nitrogen and oxygen atoms in total. The molecule has 7 unspecified atom stereocenters. The van der Waals surface area contributed by atoms with Gasteiger partial charge in [0.2, 0.25) is 5.91 Å². The lowest BCUT2D eigenvalue weighted by Crippen LogP contribution is -2.60. The minimum absolute atomic E-state index is 0.192. The molecule has 0 aromatic rings. The van der Waals surface area contributed by atoms with Crippen molar-refractivity contribution in [2.75, 3.05) is 13.2 Å². The number of aliphatic hydroxyl groups is 5. The highest BCUT2D eigenvalue weighted by Gasteiger charge is 2.44. The molecule has 0 radical (unpaired) electrons. The molecule has 1 aliphatic heterocycles. The number of unbranched alkanes of at least 4 members (excludes halogenated alkanes) is 33. The highest BCUT2D eigenvalue weighted by Crippen LogP contribution is 2.23. The maximum absolute atomic E-state index is 13.1. The third-order valence-electron chi connectivity index (χ3n) is 14.9. The molecule has 1 heterocycles. The van der Waals surface area contributed by atoms with E-state index in [1.807, 2.05) is 6.08 Å². The van der Waals surface area contributed by atoms with Gasteiger partial charge in [-0.1, -0.05) is 279 Å². The molecule has 0 bridgehead atoms. The topological polar surface area (TPSA) is 149 Å². The molecule has 7 atom stereocenters. The molecular weight excluding hydrogens is 959 g/mol. The summed E-state index contributed by atoms with van der Waals surface area (Å²) in [5.74, 6) is -0.192. The van der Waals surface area contributed by atoms with Crippen LogP contribution in [0.1, 0.15) is 284 Å². The summed E-state index contributed by atoms with van der Waals surface area (Å²) < 4.78 is 11.3. The summed E-state index contributed by atoms with van der Waals surface area (Å²) in [5.41, 5.74) is 0. The summed E-state index contributed by atoms with van der Waals surface area (Å²) in [5, 5.41) is 54.6. The first kappa shape index (κ1) is 72.4. The summed E-state index contributed by atoms with van der Waals surface area (Å²) >= 11 is 0. The van der Waals surface area contributed by atoms with Gasteiger partial charge in [-0.15, -0.1) is 0 Å². The van der Waals surface area contributed by atoms with Crippen LogP contribution in [-0.2, 0) is 14.3 Å². The number of ether oxygens (including phenoxy) is 2. The summed E-state index contributed by atoms with van der Waals surface area (Å²) in [4.78, 5) is 13.1. The van der Waals surface area contributed by atoms with Crippen LogP contribution in [0.2, 0.25) is 0 Å². The van der Waals surface area contributed by atoms with Gasteiger partial charge in [-0.3, -0.25) is 4.79 Å². The second kappa shape index (κ2) is 56.6. The number of hydrogen-bond acceptors (Lipinski definition) is 8. The standard InChI is InChI=1S/C68H121NO8/c1-3-5-7-9-11-13-15-17-19-21-23-25-27-29-31-33-35-37-39-41-43-45-47-49-51-53-55-57-62(71)61(60-76-68-67(75)66(74)65(73)63(59-70)77-68)69-64(72)58-56-54-52-50-48-46-44-42-40-38-36-34-32-30-28-26-24-22-20-18-16-14-12-10-8-6-4-2/h6,8,12,14,18,20,24,26,39,41,47,49,55,57,61-63,65-68,70-71,73-75H,3-5,7,9-11,13,15-17,19,21-23,25,27-38,40,42-46,48,50-54,56,58-60H2,1-2H3,(H,69,72)/b8-6-,14-12-,20-18-,26-24-,41-39+,49-47+,57-55+. The fourth-order valence-corrected chi connectivity index (χ4v) is 9.89. The quantitative estimate of drug-likeness (QED) is 0.0261. The van der Waals surface area contributed by atoms with E-state index in [9.17, 15) is 30.3 Å². The molecule has 6 N–H and O–H groups in total. The van der Waals surface area contributed by atoms with E-state index in [-0.39, 0.29) is 12.5 Å². The number of carbonyl (C=O) groups is 1. The van der Waals surface area contributed by atoms with E-state index in [0.717, 1.165) is 70.6 Å². The van der Waals surface area contributed by atoms with Crippen LogP contribution in [0.3, 0.4) is 0 Å². The summed E-state index contributed by atoms with van der Waals surface area (Å²) in [6, 6.07) is -0.834. The fraction of sp³-hybridized carbons (Fsp3) is 0.779. The third-order valence-corrected chi connectivity index (χ3v) is 14.9. The second-order valence-corrected chi connectivity index (χ2v) is 22.2. The normalized spacial score (nSPS) is 19.3. The van der Waals surface area contributed by atoms with Crippen molar-refractivity contribution < 1.29 is 39.8 Å². The Balaban J connectivity index is 2.21. The van der Waals surface area contributed by atoms with E-state index in [2.05, 4.69) is 92.1 Å². The Labute approximate surface area is 473 Å². The zero-order valence-electron chi connectivity index (χ0n) is 49.7. The van der Waals surface area contributed by atoms with Gasteiger partial charge >= 0.3 is 0 Å². The number of carbonyl (C=O) groups excluding carboxylic acids is 1. The maximum Gasteiger partial charge on any atom is 0.220 e. The van der Waals surface area contributed by atoms with E-state index in [4.69, 9.17) is 9.47 Å². The zero-order valence-corrected chi connectivity index (χ0v) is 49.7. The van der Waals surface area contributed by atoms with Gasteiger partial charge in [0.1, 0.15) is 24.4 Å². The highest BCUT2D eigenvalue weighted by molar-refractivity contribution is 5.76. The van der Waals surface area contributed by atoms with Crippen LogP contribution in [0, 0.1) is 0 Å². The van der Waals surface area contributed by atoms with Crippen LogP contribution in [0.25, 0.3) is 0 Å².